The first kappa shape index (κ1) is 9.44. The van der Waals surface area contributed by atoms with Crippen LogP contribution >= 0.6 is 11.3 Å². The summed E-state index contributed by atoms with van der Waals surface area (Å²) in [6.45, 7) is 10.3. The van der Waals surface area contributed by atoms with E-state index in [2.05, 4.69) is 39.1 Å². The summed E-state index contributed by atoms with van der Waals surface area (Å²) in [6, 6.07) is 4.36. The van der Waals surface area contributed by atoms with Gasteiger partial charge in [0.25, 0.3) is 0 Å². The Kier molecular flexibility index (Phi) is 4.95. The summed E-state index contributed by atoms with van der Waals surface area (Å²) < 4.78 is 0. The third kappa shape index (κ3) is 2.83. The minimum absolute atomic E-state index is 1.18. The van der Waals surface area contributed by atoms with Gasteiger partial charge in [0.15, 0.2) is 0 Å². The molecule has 0 saturated carbocycles. The van der Waals surface area contributed by atoms with Gasteiger partial charge in [-0.1, -0.05) is 6.92 Å². The van der Waals surface area contributed by atoms with Crippen molar-refractivity contribution in [3.8, 4) is 0 Å². The zero-order valence-electron chi connectivity index (χ0n) is 6.68. The first-order valence-corrected chi connectivity index (χ1v) is 4.20. The Morgan fingerprint density at radius 3 is 2.20 bits per heavy atom. The quantitative estimate of drug-likeness (QED) is 0.544. The van der Waals surface area contributed by atoms with E-state index in [0.29, 0.717) is 0 Å². The molecule has 0 saturated heterocycles. The van der Waals surface area contributed by atoms with E-state index in [4.69, 9.17) is 0 Å². The standard InChI is InChI=1S/C7H10S.C2H4/c1-3-7-5-4-6(2)8-7;1-2/h4-5H,3H2,1-2H3;1-2H2. The lowest BCUT2D eigenvalue weighted by atomic mass is 10.4. The number of thiophene rings is 1. The maximum Gasteiger partial charge on any atom is 0.00453 e. The molecule has 0 atom stereocenters. The molecule has 0 spiro atoms. The maximum atomic E-state index is 3.00. The van der Waals surface area contributed by atoms with E-state index >= 15 is 0 Å². The molecule has 1 aromatic heterocycles. The van der Waals surface area contributed by atoms with Gasteiger partial charge in [-0.15, -0.1) is 24.5 Å². The molecule has 0 amide bonds. The van der Waals surface area contributed by atoms with Crippen LogP contribution in [0.3, 0.4) is 0 Å². The van der Waals surface area contributed by atoms with Crippen LogP contribution in [-0.2, 0) is 6.42 Å². The van der Waals surface area contributed by atoms with Crippen molar-refractivity contribution in [2.75, 3.05) is 0 Å². The fourth-order valence-corrected chi connectivity index (χ4v) is 1.51. The second-order valence-corrected chi connectivity index (χ2v) is 3.24. The molecule has 0 fully saturated rings. The molecule has 0 aliphatic carbocycles. The fourth-order valence-electron chi connectivity index (χ4n) is 0.675. The third-order valence-corrected chi connectivity index (χ3v) is 2.29. The summed E-state index contributed by atoms with van der Waals surface area (Å²) in [5.41, 5.74) is 0. The number of hydrogen-bond acceptors (Lipinski definition) is 1. The normalized spacial score (nSPS) is 8.20. The Balaban J connectivity index is 0.000000371. The van der Waals surface area contributed by atoms with Gasteiger partial charge in [0.2, 0.25) is 0 Å². The fraction of sp³-hybridized carbons (Fsp3) is 0.333. The zero-order valence-corrected chi connectivity index (χ0v) is 7.50. The Morgan fingerprint density at radius 2 is 2.00 bits per heavy atom. The van der Waals surface area contributed by atoms with Crippen LogP contribution in [-0.4, -0.2) is 0 Å². The smallest absolute Gasteiger partial charge is 0.00453 e. The van der Waals surface area contributed by atoms with Crippen LogP contribution in [0.15, 0.2) is 25.3 Å². The van der Waals surface area contributed by atoms with Crippen LogP contribution in [0.5, 0.6) is 0 Å². The van der Waals surface area contributed by atoms with E-state index in [1.54, 1.807) is 0 Å². The second-order valence-electron chi connectivity index (χ2n) is 1.87. The van der Waals surface area contributed by atoms with Crippen molar-refractivity contribution in [3.63, 3.8) is 0 Å². The predicted octanol–water partition coefficient (Wildman–Crippen LogP) is 3.42. The minimum Gasteiger partial charge on any atom is -0.146 e. The minimum atomic E-state index is 1.18. The molecule has 0 N–H and O–H groups in total. The molecule has 56 valence electrons. The third-order valence-electron chi connectivity index (χ3n) is 1.14. The Labute approximate surface area is 67.2 Å². The molecule has 0 aromatic carbocycles. The van der Waals surface area contributed by atoms with E-state index in [1.165, 1.54) is 16.2 Å². The molecule has 0 radical (unpaired) electrons. The highest BCUT2D eigenvalue weighted by Gasteiger charge is 1.89. The molecule has 1 heterocycles. The first-order chi connectivity index (χ1) is 4.83. The van der Waals surface area contributed by atoms with Crippen molar-refractivity contribution in [2.24, 2.45) is 0 Å². The highest BCUT2D eigenvalue weighted by atomic mass is 32.1. The lowest BCUT2D eigenvalue weighted by Gasteiger charge is -1.80. The summed E-state index contributed by atoms with van der Waals surface area (Å²) in [7, 11) is 0. The van der Waals surface area contributed by atoms with Gasteiger partial charge in [-0.05, 0) is 25.5 Å². The van der Waals surface area contributed by atoms with Gasteiger partial charge in [-0.3, -0.25) is 0 Å². The number of aryl methyl sites for hydroxylation is 2. The molecule has 1 heteroatoms. The molecule has 1 aromatic rings. The topological polar surface area (TPSA) is 0 Å². The first-order valence-electron chi connectivity index (χ1n) is 3.38. The summed E-state index contributed by atoms with van der Waals surface area (Å²) in [6.07, 6.45) is 1.18. The summed E-state index contributed by atoms with van der Waals surface area (Å²) in [5, 5.41) is 0. The monoisotopic (exact) mass is 154 g/mol. The number of hydrogen-bond donors (Lipinski definition) is 0. The van der Waals surface area contributed by atoms with Gasteiger partial charge < -0.3 is 0 Å². The lowest BCUT2D eigenvalue weighted by Crippen LogP contribution is -1.63. The van der Waals surface area contributed by atoms with Crippen molar-refractivity contribution in [1.29, 1.82) is 0 Å². The van der Waals surface area contributed by atoms with E-state index in [1.807, 2.05) is 11.3 Å². The molecule has 0 nitrogen and oxygen atoms in total. The predicted molar refractivity (Wildman–Crippen MR) is 49.7 cm³/mol. The SMILES string of the molecule is C=C.CCc1ccc(C)s1. The molecule has 0 aliphatic rings. The van der Waals surface area contributed by atoms with Gasteiger partial charge in [-0.25, -0.2) is 0 Å². The van der Waals surface area contributed by atoms with Crippen molar-refractivity contribution < 1.29 is 0 Å². The van der Waals surface area contributed by atoms with Crippen LogP contribution in [0.4, 0.5) is 0 Å². The van der Waals surface area contributed by atoms with Gasteiger partial charge in [0.1, 0.15) is 0 Å². The molecule has 1 rings (SSSR count). The van der Waals surface area contributed by atoms with Gasteiger partial charge in [0.05, 0.1) is 0 Å². The molecule has 0 aliphatic heterocycles. The molecule has 0 unspecified atom stereocenters. The molecule has 10 heavy (non-hydrogen) atoms. The lowest BCUT2D eigenvalue weighted by molar-refractivity contribution is 1.19. The summed E-state index contributed by atoms with van der Waals surface area (Å²) in [5.74, 6) is 0. The molecular formula is C9H14S. The van der Waals surface area contributed by atoms with Gasteiger partial charge >= 0.3 is 0 Å². The van der Waals surface area contributed by atoms with Crippen molar-refractivity contribution in [1.82, 2.24) is 0 Å². The van der Waals surface area contributed by atoms with Crippen LogP contribution in [0.2, 0.25) is 0 Å². The van der Waals surface area contributed by atoms with Gasteiger partial charge in [0, 0.05) is 9.75 Å². The highest BCUT2D eigenvalue weighted by molar-refractivity contribution is 7.11. The second kappa shape index (κ2) is 5.24. The average molecular weight is 154 g/mol. The maximum absolute atomic E-state index is 3.00. The van der Waals surface area contributed by atoms with Crippen LogP contribution in [0.25, 0.3) is 0 Å². The largest absolute Gasteiger partial charge is 0.146 e. The Bertz CT molecular complexity index is 177. The Morgan fingerprint density at radius 1 is 1.40 bits per heavy atom. The zero-order chi connectivity index (χ0) is 7.98. The van der Waals surface area contributed by atoms with E-state index in [0.717, 1.165) is 0 Å². The van der Waals surface area contributed by atoms with E-state index in [-0.39, 0.29) is 0 Å². The van der Waals surface area contributed by atoms with Crippen molar-refractivity contribution >= 4 is 11.3 Å². The summed E-state index contributed by atoms with van der Waals surface area (Å²) >= 11 is 1.89. The Hall–Kier alpha value is -0.560. The summed E-state index contributed by atoms with van der Waals surface area (Å²) in [4.78, 5) is 2.91. The van der Waals surface area contributed by atoms with Crippen molar-refractivity contribution in [3.05, 3.63) is 35.0 Å². The molecule has 0 bridgehead atoms. The van der Waals surface area contributed by atoms with Gasteiger partial charge in [-0.2, -0.15) is 0 Å². The number of rotatable bonds is 1. The average Bonchev–Trinajstić information content (AvgIpc) is 2.40. The van der Waals surface area contributed by atoms with E-state index in [9.17, 15) is 0 Å². The van der Waals surface area contributed by atoms with Crippen LogP contribution in [0, 0.1) is 6.92 Å². The van der Waals surface area contributed by atoms with Crippen molar-refractivity contribution in [2.45, 2.75) is 20.3 Å². The van der Waals surface area contributed by atoms with E-state index < -0.39 is 0 Å². The van der Waals surface area contributed by atoms with Crippen LogP contribution in [0.1, 0.15) is 16.7 Å². The highest BCUT2D eigenvalue weighted by Crippen LogP contribution is 2.14. The van der Waals surface area contributed by atoms with Crippen LogP contribution < -0.4 is 0 Å². The molecular weight excluding hydrogens is 140 g/mol.